The Morgan fingerprint density at radius 3 is 3.16 bits per heavy atom. The molecular weight excluding hydrogens is 244 g/mol. The lowest BCUT2D eigenvalue weighted by molar-refractivity contribution is -0.165. The SMILES string of the molecule is c1cc2ccc(OCCOC3CCCCO3)nc2[nH]1. The van der Waals surface area contributed by atoms with E-state index >= 15 is 0 Å². The number of aromatic nitrogens is 2. The predicted octanol–water partition coefficient (Wildman–Crippen LogP) is 2.48. The third-order valence-corrected chi connectivity index (χ3v) is 3.16. The van der Waals surface area contributed by atoms with E-state index in [0.717, 1.165) is 30.5 Å². The predicted molar refractivity (Wildman–Crippen MR) is 71.1 cm³/mol. The van der Waals surface area contributed by atoms with Crippen LogP contribution in [-0.4, -0.2) is 36.1 Å². The van der Waals surface area contributed by atoms with Gasteiger partial charge in [0.15, 0.2) is 6.29 Å². The molecule has 0 radical (unpaired) electrons. The molecule has 0 spiro atoms. The monoisotopic (exact) mass is 262 g/mol. The van der Waals surface area contributed by atoms with Crippen molar-refractivity contribution in [1.29, 1.82) is 0 Å². The van der Waals surface area contributed by atoms with E-state index in [1.165, 1.54) is 6.42 Å². The molecule has 0 aromatic carbocycles. The van der Waals surface area contributed by atoms with Gasteiger partial charge in [-0.2, -0.15) is 4.98 Å². The molecule has 1 aliphatic rings. The van der Waals surface area contributed by atoms with Crippen LogP contribution < -0.4 is 4.74 Å². The first kappa shape index (κ1) is 12.4. The molecule has 0 aliphatic carbocycles. The summed E-state index contributed by atoms with van der Waals surface area (Å²) in [7, 11) is 0. The van der Waals surface area contributed by atoms with Crippen LogP contribution in [0, 0.1) is 0 Å². The molecule has 1 aliphatic heterocycles. The summed E-state index contributed by atoms with van der Waals surface area (Å²) in [6, 6.07) is 5.84. The highest BCUT2D eigenvalue weighted by molar-refractivity contribution is 5.75. The summed E-state index contributed by atoms with van der Waals surface area (Å²) in [6.07, 6.45) is 5.10. The number of ether oxygens (including phenoxy) is 3. The number of H-pyrrole nitrogens is 1. The zero-order valence-electron chi connectivity index (χ0n) is 10.8. The molecular formula is C14H18N2O3. The molecule has 5 nitrogen and oxygen atoms in total. The van der Waals surface area contributed by atoms with Gasteiger partial charge in [0.2, 0.25) is 5.88 Å². The molecule has 19 heavy (non-hydrogen) atoms. The van der Waals surface area contributed by atoms with Crippen LogP contribution in [-0.2, 0) is 9.47 Å². The lowest BCUT2D eigenvalue weighted by Crippen LogP contribution is -2.24. The molecule has 1 saturated heterocycles. The maximum atomic E-state index is 5.59. The van der Waals surface area contributed by atoms with Crippen molar-refractivity contribution >= 4 is 11.0 Å². The molecule has 0 bridgehead atoms. The van der Waals surface area contributed by atoms with E-state index < -0.39 is 0 Å². The number of rotatable bonds is 5. The highest BCUT2D eigenvalue weighted by Crippen LogP contribution is 2.15. The fourth-order valence-corrected chi connectivity index (χ4v) is 2.16. The van der Waals surface area contributed by atoms with Gasteiger partial charge in [0, 0.05) is 24.3 Å². The van der Waals surface area contributed by atoms with E-state index in [-0.39, 0.29) is 6.29 Å². The molecule has 3 rings (SSSR count). The number of nitrogens with zero attached hydrogens (tertiary/aromatic N) is 1. The van der Waals surface area contributed by atoms with Crippen molar-refractivity contribution in [3.63, 3.8) is 0 Å². The van der Waals surface area contributed by atoms with Gasteiger partial charge in [0.05, 0.1) is 6.61 Å². The first-order valence-electron chi connectivity index (χ1n) is 6.72. The second-order valence-corrected chi connectivity index (χ2v) is 4.58. The number of fused-ring (bicyclic) bond motifs is 1. The third-order valence-electron chi connectivity index (χ3n) is 3.16. The van der Waals surface area contributed by atoms with Crippen LogP contribution in [0.1, 0.15) is 19.3 Å². The Hall–Kier alpha value is -1.59. The molecule has 2 aromatic heterocycles. The maximum absolute atomic E-state index is 5.59. The van der Waals surface area contributed by atoms with Gasteiger partial charge in [0.1, 0.15) is 12.3 Å². The fourth-order valence-electron chi connectivity index (χ4n) is 2.16. The van der Waals surface area contributed by atoms with Gasteiger partial charge < -0.3 is 19.2 Å². The lowest BCUT2D eigenvalue weighted by atomic mass is 10.2. The van der Waals surface area contributed by atoms with Crippen LogP contribution >= 0.6 is 0 Å². The Morgan fingerprint density at radius 1 is 1.26 bits per heavy atom. The lowest BCUT2D eigenvalue weighted by Gasteiger charge is -2.22. The fraction of sp³-hybridized carbons (Fsp3) is 0.500. The minimum atomic E-state index is -0.0591. The summed E-state index contributed by atoms with van der Waals surface area (Å²) < 4.78 is 16.6. The van der Waals surface area contributed by atoms with E-state index in [1.807, 2.05) is 24.4 Å². The van der Waals surface area contributed by atoms with Gasteiger partial charge in [-0.1, -0.05) is 0 Å². The molecule has 1 N–H and O–H groups in total. The van der Waals surface area contributed by atoms with Crippen molar-refractivity contribution in [1.82, 2.24) is 9.97 Å². The van der Waals surface area contributed by atoms with Gasteiger partial charge in [-0.25, -0.2) is 0 Å². The van der Waals surface area contributed by atoms with E-state index in [1.54, 1.807) is 0 Å². The molecule has 1 fully saturated rings. The zero-order valence-corrected chi connectivity index (χ0v) is 10.8. The topological polar surface area (TPSA) is 56.4 Å². The number of hydrogen-bond donors (Lipinski definition) is 1. The summed E-state index contributed by atoms with van der Waals surface area (Å²) >= 11 is 0. The van der Waals surface area contributed by atoms with Gasteiger partial charge in [-0.3, -0.25) is 0 Å². The number of pyridine rings is 1. The Bertz CT molecular complexity index is 520. The molecule has 102 valence electrons. The minimum absolute atomic E-state index is 0.0591. The summed E-state index contributed by atoms with van der Waals surface area (Å²) in [5.74, 6) is 0.614. The Balaban J connectivity index is 1.43. The van der Waals surface area contributed by atoms with Crippen molar-refractivity contribution in [3.8, 4) is 5.88 Å². The van der Waals surface area contributed by atoms with Crippen molar-refractivity contribution in [2.24, 2.45) is 0 Å². The number of hydrogen-bond acceptors (Lipinski definition) is 4. The third kappa shape index (κ3) is 3.24. The van der Waals surface area contributed by atoms with Gasteiger partial charge in [-0.15, -0.1) is 0 Å². The van der Waals surface area contributed by atoms with Gasteiger partial charge in [-0.05, 0) is 31.4 Å². The van der Waals surface area contributed by atoms with E-state index in [0.29, 0.717) is 19.1 Å². The smallest absolute Gasteiger partial charge is 0.215 e. The highest BCUT2D eigenvalue weighted by atomic mass is 16.7. The van der Waals surface area contributed by atoms with Gasteiger partial charge >= 0.3 is 0 Å². The van der Waals surface area contributed by atoms with Crippen LogP contribution in [0.15, 0.2) is 24.4 Å². The van der Waals surface area contributed by atoms with E-state index in [2.05, 4.69) is 9.97 Å². The van der Waals surface area contributed by atoms with Crippen LogP contribution in [0.4, 0.5) is 0 Å². The van der Waals surface area contributed by atoms with Crippen LogP contribution in [0.2, 0.25) is 0 Å². The van der Waals surface area contributed by atoms with Crippen molar-refractivity contribution in [3.05, 3.63) is 24.4 Å². The minimum Gasteiger partial charge on any atom is -0.475 e. The summed E-state index contributed by atoms with van der Waals surface area (Å²) in [6.45, 7) is 1.81. The first-order valence-corrected chi connectivity index (χ1v) is 6.72. The zero-order chi connectivity index (χ0) is 12.9. The Kier molecular flexibility index (Phi) is 3.95. The second-order valence-electron chi connectivity index (χ2n) is 4.58. The molecule has 1 unspecified atom stereocenters. The molecule has 3 heterocycles. The highest BCUT2D eigenvalue weighted by Gasteiger charge is 2.13. The Labute approximate surface area is 111 Å². The van der Waals surface area contributed by atoms with Crippen LogP contribution in [0.25, 0.3) is 11.0 Å². The molecule has 5 heteroatoms. The van der Waals surface area contributed by atoms with E-state index in [4.69, 9.17) is 14.2 Å². The molecule has 0 saturated carbocycles. The van der Waals surface area contributed by atoms with Crippen molar-refractivity contribution in [2.45, 2.75) is 25.6 Å². The molecule has 0 amide bonds. The number of aromatic amines is 1. The maximum Gasteiger partial charge on any atom is 0.215 e. The number of nitrogens with one attached hydrogen (secondary N) is 1. The largest absolute Gasteiger partial charge is 0.475 e. The van der Waals surface area contributed by atoms with Crippen LogP contribution in [0.5, 0.6) is 5.88 Å². The molecule has 2 aromatic rings. The summed E-state index contributed by atoms with van der Waals surface area (Å²) in [5, 5.41) is 1.08. The standard InChI is InChI=1S/C14H18N2O3/c1-2-8-18-13(3-1)19-10-9-17-12-5-4-11-6-7-15-14(11)16-12/h4-7,13H,1-3,8-10H2,(H,15,16). The average Bonchev–Trinajstić information content (AvgIpc) is 2.92. The van der Waals surface area contributed by atoms with E-state index in [9.17, 15) is 0 Å². The van der Waals surface area contributed by atoms with Gasteiger partial charge in [0.25, 0.3) is 0 Å². The normalized spacial score (nSPS) is 19.7. The van der Waals surface area contributed by atoms with Crippen molar-refractivity contribution < 1.29 is 14.2 Å². The Morgan fingerprint density at radius 2 is 2.26 bits per heavy atom. The summed E-state index contributed by atoms with van der Waals surface area (Å²) in [4.78, 5) is 7.41. The molecule has 1 atom stereocenters. The second kappa shape index (κ2) is 6.04. The summed E-state index contributed by atoms with van der Waals surface area (Å²) in [5.41, 5.74) is 0.842. The van der Waals surface area contributed by atoms with Crippen molar-refractivity contribution in [2.75, 3.05) is 19.8 Å². The van der Waals surface area contributed by atoms with Crippen LogP contribution in [0.3, 0.4) is 0 Å². The average molecular weight is 262 g/mol. The quantitative estimate of drug-likeness (QED) is 0.841. The first-order chi connectivity index (χ1) is 9.42.